The molecule has 21 heavy (non-hydrogen) atoms. The van der Waals surface area contributed by atoms with E-state index < -0.39 is 20.6 Å². The minimum absolute atomic E-state index is 0.298. The molecule has 0 amide bonds. The number of sulfonamides is 1. The number of nitro groups is 1. The third-order valence-electron chi connectivity index (χ3n) is 2.89. The van der Waals surface area contributed by atoms with E-state index in [0.29, 0.717) is 31.6 Å². The number of hydrogen-bond donors (Lipinski definition) is 2. The Morgan fingerprint density at radius 2 is 1.86 bits per heavy atom. The summed E-state index contributed by atoms with van der Waals surface area (Å²) in [4.78, 5) is 10.0. The van der Waals surface area contributed by atoms with Crippen LogP contribution in [0.3, 0.4) is 0 Å². The van der Waals surface area contributed by atoms with Gasteiger partial charge in [0.15, 0.2) is 4.90 Å². The summed E-state index contributed by atoms with van der Waals surface area (Å²) in [5.41, 5.74) is 2.15. The van der Waals surface area contributed by atoms with Gasteiger partial charge in [0.2, 0.25) is 10.0 Å². The van der Waals surface area contributed by atoms with Crippen molar-refractivity contribution < 1.29 is 13.3 Å². The van der Waals surface area contributed by atoms with Gasteiger partial charge in [0.1, 0.15) is 0 Å². The molecule has 0 radical (unpaired) electrons. The van der Waals surface area contributed by atoms with E-state index in [1.165, 1.54) is 16.4 Å². The van der Waals surface area contributed by atoms with Crippen LogP contribution in [-0.4, -0.2) is 30.7 Å². The van der Waals surface area contributed by atoms with Crippen molar-refractivity contribution in [1.29, 1.82) is 0 Å². The van der Waals surface area contributed by atoms with Crippen molar-refractivity contribution in [3.8, 4) is 0 Å². The lowest BCUT2D eigenvalue weighted by Gasteiger charge is -2.21. The van der Waals surface area contributed by atoms with Gasteiger partial charge in [0.05, 0.1) is 10.6 Å². The van der Waals surface area contributed by atoms with E-state index in [0.717, 1.165) is 6.07 Å². The number of nitrogens with two attached hydrogens (primary N) is 1. The highest BCUT2D eigenvalue weighted by Gasteiger charge is 2.31. The Morgan fingerprint density at radius 1 is 1.29 bits per heavy atom. The van der Waals surface area contributed by atoms with Gasteiger partial charge in [0, 0.05) is 19.2 Å². The minimum Gasteiger partial charge on any atom is -0.324 e. The summed E-state index contributed by atoms with van der Waals surface area (Å²) in [6.07, 6.45) is 1.25. The van der Waals surface area contributed by atoms with Crippen molar-refractivity contribution in [2.45, 2.75) is 31.6 Å². The van der Waals surface area contributed by atoms with Crippen molar-refractivity contribution in [2.24, 2.45) is 5.84 Å². The Hall–Kier alpha value is -1.71. The van der Waals surface area contributed by atoms with E-state index in [1.807, 2.05) is 13.8 Å². The van der Waals surface area contributed by atoms with Gasteiger partial charge in [0.25, 0.3) is 5.69 Å². The number of benzene rings is 1. The molecule has 0 saturated heterocycles. The number of anilines is 1. The number of nitro benzene ring substituents is 1. The average Bonchev–Trinajstić information content (AvgIpc) is 2.46. The maximum Gasteiger partial charge on any atom is 0.289 e. The molecule has 0 aliphatic heterocycles. The predicted octanol–water partition coefficient (Wildman–Crippen LogP) is 1.69. The number of nitrogens with one attached hydrogen (secondary N) is 1. The zero-order valence-corrected chi connectivity index (χ0v) is 12.9. The quantitative estimate of drug-likeness (QED) is 0.428. The van der Waals surface area contributed by atoms with Crippen molar-refractivity contribution in [3.05, 3.63) is 28.3 Å². The lowest BCUT2D eigenvalue weighted by Crippen LogP contribution is -2.33. The molecule has 0 unspecified atom stereocenters. The first-order valence-corrected chi connectivity index (χ1v) is 8.07. The average molecular weight is 316 g/mol. The second kappa shape index (κ2) is 7.34. The van der Waals surface area contributed by atoms with Crippen LogP contribution in [0.15, 0.2) is 23.1 Å². The van der Waals surface area contributed by atoms with E-state index >= 15 is 0 Å². The molecule has 118 valence electrons. The molecule has 1 aromatic carbocycles. The van der Waals surface area contributed by atoms with Crippen LogP contribution in [0.4, 0.5) is 11.4 Å². The molecule has 1 aromatic rings. The summed E-state index contributed by atoms with van der Waals surface area (Å²) in [5.74, 6) is 5.25. The first kappa shape index (κ1) is 17.3. The van der Waals surface area contributed by atoms with E-state index in [4.69, 9.17) is 5.84 Å². The summed E-state index contributed by atoms with van der Waals surface area (Å²) in [6.45, 7) is 4.33. The largest absolute Gasteiger partial charge is 0.324 e. The van der Waals surface area contributed by atoms with Gasteiger partial charge in [-0.25, -0.2) is 8.42 Å². The molecular formula is C12H20N4O4S. The zero-order chi connectivity index (χ0) is 16.0. The lowest BCUT2D eigenvalue weighted by atomic mass is 10.3. The second-order valence-electron chi connectivity index (χ2n) is 4.49. The van der Waals surface area contributed by atoms with Crippen molar-refractivity contribution in [3.63, 3.8) is 0 Å². The molecule has 9 heteroatoms. The van der Waals surface area contributed by atoms with E-state index in [-0.39, 0.29) is 4.90 Å². The van der Waals surface area contributed by atoms with E-state index in [1.54, 1.807) is 0 Å². The predicted molar refractivity (Wildman–Crippen MR) is 80.2 cm³/mol. The first-order valence-electron chi connectivity index (χ1n) is 6.63. The lowest BCUT2D eigenvalue weighted by molar-refractivity contribution is -0.387. The number of hydrazine groups is 1. The Balaban J connectivity index is 3.42. The normalized spacial score (nSPS) is 11.6. The van der Waals surface area contributed by atoms with E-state index in [2.05, 4.69) is 5.43 Å². The Kier molecular flexibility index (Phi) is 6.06. The topological polar surface area (TPSA) is 119 Å². The molecule has 1 rings (SSSR count). The summed E-state index contributed by atoms with van der Waals surface area (Å²) in [5, 5.41) is 11.1. The number of rotatable bonds is 8. The summed E-state index contributed by atoms with van der Waals surface area (Å²) in [6, 6.07) is 3.69. The maximum atomic E-state index is 12.7. The van der Waals surface area contributed by atoms with Gasteiger partial charge >= 0.3 is 0 Å². The van der Waals surface area contributed by atoms with Gasteiger partial charge in [-0.15, -0.1) is 0 Å². The molecular weight excluding hydrogens is 296 g/mol. The van der Waals surface area contributed by atoms with Gasteiger partial charge < -0.3 is 5.43 Å². The van der Waals surface area contributed by atoms with Crippen LogP contribution in [-0.2, 0) is 10.0 Å². The van der Waals surface area contributed by atoms with Gasteiger partial charge in [-0.1, -0.05) is 13.8 Å². The van der Waals surface area contributed by atoms with Crippen molar-refractivity contribution in [2.75, 3.05) is 18.5 Å². The summed E-state index contributed by atoms with van der Waals surface area (Å²) >= 11 is 0. The third-order valence-corrected chi connectivity index (χ3v) is 4.81. The Morgan fingerprint density at radius 3 is 2.29 bits per heavy atom. The van der Waals surface area contributed by atoms with Crippen molar-refractivity contribution >= 4 is 21.4 Å². The highest BCUT2D eigenvalue weighted by Crippen LogP contribution is 2.29. The first-order chi connectivity index (χ1) is 9.88. The fraction of sp³-hybridized carbons (Fsp3) is 0.500. The van der Waals surface area contributed by atoms with Crippen LogP contribution in [0, 0.1) is 10.1 Å². The fourth-order valence-corrected chi connectivity index (χ4v) is 3.76. The molecule has 0 heterocycles. The van der Waals surface area contributed by atoms with Crippen LogP contribution < -0.4 is 11.3 Å². The van der Waals surface area contributed by atoms with Crippen LogP contribution in [0.25, 0.3) is 0 Å². The van der Waals surface area contributed by atoms with Crippen LogP contribution >= 0.6 is 0 Å². The SMILES string of the molecule is CCCN(CCC)S(=O)(=O)c1cc(NN)ccc1[N+](=O)[O-]. The van der Waals surface area contributed by atoms with Gasteiger partial charge in [-0.3, -0.25) is 16.0 Å². The second-order valence-corrected chi connectivity index (χ2v) is 6.39. The van der Waals surface area contributed by atoms with E-state index in [9.17, 15) is 18.5 Å². The monoisotopic (exact) mass is 316 g/mol. The molecule has 0 fully saturated rings. The molecule has 0 atom stereocenters. The summed E-state index contributed by atoms with van der Waals surface area (Å²) in [7, 11) is -3.94. The fourth-order valence-electron chi connectivity index (χ4n) is 1.95. The van der Waals surface area contributed by atoms with Gasteiger partial charge in [-0.05, 0) is 25.0 Å². The van der Waals surface area contributed by atoms with Crippen molar-refractivity contribution in [1.82, 2.24) is 4.31 Å². The number of nitrogen functional groups attached to an aromatic ring is 1. The van der Waals surface area contributed by atoms with Gasteiger partial charge in [-0.2, -0.15) is 4.31 Å². The van der Waals surface area contributed by atoms with Crippen LogP contribution in [0.2, 0.25) is 0 Å². The number of nitrogens with zero attached hydrogens (tertiary/aromatic N) is 2. The maximum absolute atomic E-state index is 12.7. The molecule has 0 aliphatic carbocycles. The molecule has 0 spiro atoms. The highest BCUT2D eigenvalue weighted by molar-refractivity contribution is 7.89. The molecule has 0 bridgehead atoms. The molecule has 0 aliphatic rings. The standard InChI is InChI=1S/C12H20N4O4S/c1-3-7-15(8-4-2)21(19,20)12-9-10(14-13)5-6-11(12)16(17)18/h5-6,9,14H,3-4,7-8,13H2,1-2H3. The van der Waals surface area contributed by atoms with Crippen LogP contribution in [0.1, 0.15) is 26.7 Å². The third kappa shape index (κ3) is 3.90. The molecule has 0 saturated carbocycles. The highest BCUT2D eigenvalue weighted by atomic mass is 32.2. The van der Waals surface area contributed by atoms with Crippen LogP contribution in [0.5, 0.6) is 0 Å². The Bertz CT molecular complexity index is 597. The number of hydrogen-bond acceptors (Lipinski definition) is 6. The minimum atomic E-state index is -3.94. The molecule has 3 N–H and O–H groups in total. The Labute approximate surface area is 124 Å². The summed E-state index contributed by atoms with van der Waals surface area (Å²) < 4.78 is 26.6. The smallest absolute Gasteiger partial charge is 0.289 e. The zero-order valence-electron chi connectivity index (χ0n) is 12.1. The molecule has 0 aromatic heterocycles. The molecule has 8 nitrogen and oxygen atoms in total.